The molecule has 21 heavy (non-hydrogen) atoms. The van der Waals surface area contributed by atoms with Crippen LogP contribution >= 0.6 is 0 Å². The van der Waals surface area contributed by atoms with Gasteiger partial charge in [0.1, 0.15) is 0 Å². The molecule has 1 saturated heterocycles. The van der Waals surface area contributed by atoms with Gasteiger partial charge in [0.25, 0.3) is 0 Å². The molecule has 1 heterocycles. The van der Waals surface area contributed by atoms with E-state index in [-0.39, 0.29) is 22.4 Å². The Kier molecular flexibility index (Phi) is 4.72. The number of nitrogens with one attached hydrogen (secondary N) is 1. The van der Waals surface area contributed by atoms with E-state index >= 15 is 0 Å². The molecule has 1 fully saturated rings. The van der Waals surface area contributed by atoms with E-state index in [1.54, 1.807) is 12.1 Å². The Morgan fingerprint density at radius 1 is 1.29 bits per heavy atom. The van der Waals surface area contributed by atoms with Crippen LogP contribution in [0.5, 0.6) is 0 Å². The first-order valence-electron chi connectivity index (χ1n) is 6.78. The van der Waals surface area contributed by atoms with Gasteiger partial charge in [-0.15, -0.1) is 0 Å². The fourth-order valence-electron chi connectivity index (χ4n) is 2.35. The lowest BCUT2D eigenvalue weighted by Crippen LogP contribution is -2.43. The van der Waals surface area contributed by atoms with Crippen molar-refractivity contribution in [2.24, 2.45) is 5.73 Å². The topological polar surface area (TPSA) is 106 Å². The average molecular weight is 332 g/mol. The zero-order chi connectivity index (χ0) is 15.7. The molecule has 0 saturated carbocycles. The molecule has 1 aliphatic rings. The van der Waals surface area contributed by atoms with Gasteiger partial charge >= 0.3 is 0 Å². The summed E-state index contributed by atoms with van der Waals surface area (Å²) in [5.74, 6) is -0.00153. The van der Waals surface area contributed by atoms with E-state index < -0.39 is 25.9 Å². The lowest BCUT2D eigenvalue weighted by molar-refractivity contribution is 0.517. The molecule has 2 unspecified atom stereocenters. The molecule has 0 bridgehead atoms. The Labute approximate surface area is 125 Å². The van der Waals surface area contributed by atoms with Crippen molar-refractivity contribution in [1.82, 2.24) is 4.72 Å². The Morgan fingerprint density at radius 3 is 2.43 bits per heavy atom. The van der Waals surface area contributed by atoms with E-state index in [0.717, 1.165) is 5.56 Å². The number of hydrogen-bond acceptors (Lipinski definition) is 5. The molecule has 3 N–H and O–H groups in total. The number of nitrogens with two attached hydrogens (primary N) is 1. The van der Waals surface area contributed by atoms with Crippen LogP contribution in [0.25, 0.3) is 0 Å². The van der Waals surface area contributed by atoms with Gasteiger partial charge in [-0.3, -0.25) is 0 Å². The molecule has 0 spiro atoms. The van der Waals surface area contributed by atoms with Crippen molar-refractivity contribution >= 4 is 19.9 Å². The normalized spacial score (nSPS) is 23.6. The van der Waals surface area contributed by atoms with Crippen LogP contribution in [0.1, 0.15) is 31.4 Å². The van der Waals surface area contributed by atoms with Crippen molar-refractivity contribution in [2.75, 3.05) is 11.5 Å². The minimum Gasteiger partial charge on any atom is -0.324 e. The highest BCUT2D eigenvalue weighted by Gasteiger charge is 2.28. The minimum atomic E-state index is -3.71. The van der Waals surface area contributed by atoms with Crippen LogP contribution in [-0.4, -0.2) is 34.4 Å². The third-order valence-corrected chi connectivity index (χ3v) is 6.86. The summed E-state index contributed by atoms with van der Waals surface area (Å²) in [6, 6.07) is 5.57. The van der Waals surface area contributed by atoms with Gasteiger partial charge in [0.2, 0.25) is 10.0 Å². The van der Waals surface area contributed by atoms with E-state index in [0.29, 0.717) is 12.8 Å². The largest absolute Gasteiger partial charge is 0.324 e. The van der Waals surface area contributed by atoms with Crippen LogP contribution in [0.3, 0.4) is 0 Å². The molecule has 118 valence electrons. The van der Waals surface area contributed by atoms with Gasteiger partial charge in [0.15, 0.2) is 9.84 Å². The van der Waals surface area contributed by atoms with E-state index in [1.165, 1.54) is 12.1 Å². The standard InChI is InChI=1S/C13H20N2O4S2/c1-10(14)11-4-6-13(7-5-11)21(18,19)15-12-3-2-8-20(16,17)9-12/h4-7,10,12,15H,2-3,8-9,14H2,1H3. The predicted molar refractivity (Wildman–Crippen MR) is 81.0 cm³/mol. The Bertz CT molecular complexity index is 694. The van der Waals surface area contributed by atoms with Crippen LogP contribution < -0.4 is 10.5 Å². The molecular weight excluding hydrogens is 312 g/mol. The van der Waals surface area contributed by atoms with Crippen molar-refractivity contribution in [3.63, 3.8) is 0 Å². The van der Waals surface area contributed by atoms with E-state index in [4.69, 9.17) is 5.73 Å². The summed E-state index contributed by atoms with van der Waals surface area (Å²) in [5.41, 5.74) is 6.56. The third-order valence-electron chi connectivity index (χ3n) is 3.50. The molecule has 0 amide bonds. The zero-order valence-corrected chi connectivity index (χ0v) is 13.5. The molecule has 1 aromatic rings. The number of hydrogen-bond donors (Lipinski definition) is 2. The van der Waals surface area contributed by atoms with Crippen LogP contribution in [0, 0.1) is 0 Å². The molecule has 0 aliphatic carbocycles. The quantitative estimate of drug-likeness (QED) is 0.838. The van der Waals surface area contributed by atoms with Gasteiger partial charge in [-0.2, -0.15) is 0 Å². The van der Waals surface area contributed by atoms with E-state index in [2.05, 4.69) is 4.72 Å². The highest BCUT2D eigenvalue weighted by Crippen LogP contribution is 2.18. The molecule has 6 nitrogen and oxygen atoms in total. The fourth-order valence-corrected chi connectivity index (χ4v) is 5.37. The number of sulfone groups is 1. The van der Waals surface area contributed by atoms with Crippen molar-refractivity contribution in [2.45, 2.75) is 36.7 Å². The van der Waals surface area contributed by atoms with Crippen molar-refractivity contribution in [3.8, 4) is 0 Å². The number of rotatable bonds is 4. The second-order valence-corrected chi connectivity index (χ2v) is 9.38. The summed E-state index contributed by atoms with van der Waals surface area (Å²) in [6.07, 6.45) is 1.02. The second kappa shape index (κ2) is 6.04. The van der Waals surface area contributed by atoms with E-state index in [1.807, 2.05) is 6.92 Å². The first-order chi connectivity index (χ1) is 9.70. The highest BCUT2D eigenvalue weighted by atomic mass is 32.2. The maximum atomic E-state index is 12.3. The van der Waals surface area contributed by atoms with Crippen LogP contribution in [0.4, 0.5) is 0 Å². The monoisotopic (exact) mass is 332 g/mol. The molecular formula is C13H20N2O4S2. The van der Waals surface area contributed by atoms with Crippen LogP contribution in [0.2, 0.25) is 0 Å². The van der Waals surface area contributed by atoms with Gasteiger partial charge in [0, 0.05) is 12.1 Å². The summed E-state index contributed by atoms with van der Waals surface area (Å²) in [6.45, 7) is 1.81. The first-order valence-corrected chi connectivity index (χ1v) is 10.1. The van der Waals surface area contributed by atoms with E-state index in [9.17, 15) is 16.8 Å². The van der Waals surface area contributed by atoms with Gasteiger partial charge in [0.05, 0.1) is 16.4 Å². The SMILES string of the molecule is CC(N)c1ccc(S(=O)(=O)NC2CCCS(=O)(=O)C2)cc1. The Morgan fingerprint density at radius 2 is 1.90 bits per heavy atom. The first kappa shape index (κ1) is 16.4. The lowest BCUT2D eigenvalue weighted by atomic mass is 10.1. The molecule has 8 heteroatoms. The van der Waals surface area contributed by atoms with Crippen LogP contribution in [-0.2, 0) is 19.9 Å². The van der Waals surface area contributed by atoms with Crippen molar-refractivity contribution in [3.05, 3.63) is 29.8 Å². The molecule has 1 aliphatic heterocycles. The predicted octanol–water partition coefficient (Wildman–Crippen LogP) is 0.562. The van der Waals surface area contributed by atoms with Crippen LogP contribution in [0.15, 0.2) is 29.2 Å². The van der Waals surface area contributed by atoms with Gasteiger partial charge in [-0.1, -0.05) is 12.1 Å². The van der Waals surface area contributed by atoms with Gasteiger partial charge in [-0.25, -0.2) is 21.6 Å². The summed E-state index contributed by atoms with van der Waals surface area (Å²) in [7, 11) is -6.86. The van der Waals surface area contributed by atoms with Crippen molar-refractivity contribution in [1.29, 1.82) is 0 Å². The smallest absolute Gasteiger partial charge is 0.240 e. The zero-order valence-electron chi connectivity index (χ0n) is 11.8. The molecule has 0 aromatic heterocycles. The molecule has 2 rings (SSSR count). The maximum absolute atomic E-state index is 12.3. The van der Waals surface area contributed by atoms with Gasteiger partial charge < -0.3 is 5.73 Å². The lowest BCUT2D eigenvalue weighted by Gasteiger charge is -2.22. The Balaban J connectivity index is 2.14. The average Bonchev–Trinajstić information content (AvgIpc) is 2.37. The molecule has 0 radical (unpaired) electrons. The second-order valence-electron chi connectivity index (χ2n) is 5.43. The fraction of sp³-hybridized carbons (Fsp3) is 0.538. The van der Waals surface area contributed by atoms with Crippen molar-refractivity contribution < 1.29 is 16.8 Å². The summed E-state index contributed by atoms with van der Waals surface area (Å²) in [5, 5.41) is 0. The summed E-state index contributed by atoms with van der Waals surface area (Å²) >= 11 is 0. The Hall–Kier alpha value is -0.960. The summed E-state index contributed by atoms with van der Waals surface area (Å²) in [4.78, 5) is 0.120. The van der Waals surface area contributed by atoms with Gasteiger partial charge in [-0.05, 0) is 37.5 Å². The molecule has 2 atom stereocenters. The maximum Gasteiger partial charge on any atom is 0.240 e. The minimum absolute atomic E-state index is 0.120. The number of sulfonamides is 1. The third kappa shape index (κ3) is 4.26. The summed E-state index contributed by atoms with van der Waals surface area (Å²) < 4.78 is 50.1. The number of benzene rings is 1. The molecule has 1 aromatic carbocycles. The highest BCUT2D eigenvalue weighted by molar-refractivity contribution is 7.91.